The Kier molecular flexibility index (Phi) is 5.14. The second kappa shape index (κ2) is 7.06. The number of aromatic hydroxyl groups is 1. The summed E-state index contributed by atoms with van der Waals surface area (Å²) in [6.07, 6.45) is 0. The van der Waals surface area contributed by atoms with Crippen molar-refractivity contribution in [2.24, 2.45) is 5.10 Å². The smallest absolute Gasteiger partial charge is 0.186 e. The second-order valence-corrected chi connectivity index (χ2v) is 5.02. The van der Waals surface area contributed by atoms with Gasteiger partial charge in [0.15, 0.2) is 5.11 Å². The van der Waals surface area contributed by atoms with Crippen LogP contribution in [0.2, 0.25) is 5.02 Å². The van der Waals surface area contributed by atoms with Crippen LogP contribution in [0.25, 0.3) is 0 Å². The highest BCUT2D eigenvalue weighted by Crippen LogP contribution is 2.24. The van der Waals surface area contributed by atoms with Crippen LogP contribution in [0.1, 0.15) is 11.1 Å². The molecule has 0 aliphatic carbocycles. The quantitative estimate of drug-likeness (QED) is 0.462. The molecule has 3 N–H and O–H groups in total. The van der Waals surface area contributed by atoms with E-state index in [4.69, 9.17) is 23.8 Å². The van der Waals surface area contributed by atoms with Crippen LogP contribution >= 0.6 is 23.8 Å². The van der Waals surface area contributed by atoms with E-state index in [0.717, 1.165) is 5.56 Å². The number of halogens is 1. The fourth-order valence-electron chi connectivity index (χ4n) is 1.74. The van der Waals surface area contributed by atoms with Crippen LogP contribution in [0.3, 0.4) is 0 Å². The average molecular weight is 320 g/mol. The number of rotatable bonds is 3. The highest BCUT2D eigenvalue weighted by molar-refractivity contribution is 7.80. The van der Waals surface area contributed by atoms with Crippen LogP contribution in [-0.4, -0.2) is 23.0 Å². The number of hydrogen-bond acceptors (Lipinski definition) is 3. The number of phenolic OH excluding ortho intramolecular Hbond substituents is 1. The predicted octanol–water partition coefficient (Wildman–Crippen LogP) is 2.89. The molecule has 6 heteroatoms. The van der Waals surface area contributed by atoms with E-state index < -0.39 is 0 Å². The molecule has 0 aliphatic rings. The molecule has 0 amide bonds. The van der Waals surface area contributed by atoms with Crippen LogP contribution in [-0.2, 0) is 0 Å². The summed E-state index contributed by atoms with van der Waals surface area (Å²) in [5.74, 6) is 0.0965. The molecule has 2 aromatic rings. The van der Waals surface area contributed by atoms with Crippen LogP contribution in [0.4, 0.5) is 0 Å². The van der Waals surface area contributed by atoms with E-state index in [2.05, 4.69) is 15.8 Å². The monoisotopic (exact) mass is 319 g/mol. The van der Waals surface area contributed by atoms with E-state index in [0.29, 0.717) is 21.4 Å². The predicted molar refractivity (Wildman–Crippen MR) is 90.0 cm³/mol. The molecule has 0 unspecified atom stereocenters. The third-order valence-electron chi connectivity index (χ3n) is 2.76. The van der Waals surface area contributed by atoms with Crippen LogP contribution in [0.5, 0.6) is 5.75 Å². The Labute approximate surface area is 133 Å². The van der Waals surface area contributed by atoms with Gasteiger partial charge >= 0.3 is 0 Å². The van der Waals surface area contributed by atoms with Gasteiger partial charge in [0.2, 0.25) is 0 Å². The molecule has 2 rings (SSSR count). The maximum atomic E-state index is 10.1. The summed E-state index contributed by atoms with van der Waals surface area (Å²) in [5.41, 5.74) is 4.64. The van der Waals surface area contributed by atoms with Crippen molar-refractivity contribution >= 4 is 34.6 Å². The molecular formula is C15H14ClN3OS. The topological polar surface area (TPSA) is 56.7 Å². The standard InChI is InChI=1S/C15H14ClN3OS/c1-17-15(21)19-18-14(10-5-3-2-4-6-10)12-9-11(16)7-8-13(12)20/h2-9,20H,1H3,(H2,17,19,21)/b18-14-. The summed E-state index contributed by atoms with van der Waals surface area (Å²) in [7, 11) is 1.70. The molecule has 2 aromatic carbocycles. The second-order valence-electron chi connectivity index (χ2n) is 4.18. The molecule has 0 radical (unpaired) electrons. The van der Waals surface area contributed by atoms with E-state index in [1.54, 1.807) is 19.2 Å². The van der Waals surface area contributed by atoms with E-state index in [1.165, 1.54) is 6.07 Å². The highest BCUT2D eigenvalue weighted by Gasteiger charge is 2.12. The number of nitrogens with zero attached hydrogens (tertiary/aromatic N) is 1. The molecule has 0 aliphatic heterocycles. The van der Waals surface area contributed by atoms with Crippen LogP contribution in [0, 0.1) is 0 Å². The first-order chi connectivity index (χ1) is 10.1. The van der Waals surface area contributed by atoms with Gasteiger partial charge < -0.3 is 10.4 Å². The van der Waals surface area contributed by atoms with Gasteiger partial charge in [0.25, 0.3) is 0 Å². The van der Waals surface area contributed by atoms with Crippen molar-refractivity contribution in [2.45, 2.75) is 0 Å². The minimum Gasteiger partial charge on any atom is -0.507 e. The summed E-state index contributed by atoms with van der Waals surface area (Å²) in [4.78, 5) is 0. The largest absolute Gasteiger partial charge is 0.507 e. The van der Waals surface area contributed by atoms with Crippen molar-refractivity contribution < 1.29 is 5.11 Å². The van der Waals surface area contributed by atoms with Crippen LogP contribution < -0.4 is 10.7 Å². The van der Waals surface area contributed by atoms with Gasteiger partial charge in [-0.2, -0.15) is 5.10 Å². The fourth-order valence-corrected chi connectivity index (χ4v) is 1.95. The lowest BCUT2D eigenvalue weighted by atomic mass is 10.0. The first-order valence-corrected chi connectivity index (χ1v) is 7.00. The molecule has 21 heavy (non-hydrogen) atoms. The average Bonchev–Trinajstić information content (AvgIpc) is 2.51. The van der Waals surface area contributed by atoms with E-state index in [9.17, 15) is 5.11 Å². The van der Waals surface area contributed by atoms with Crippen molar-refractivity contribution in [3.05, 3.63) is 64.7 Å². The van der Waals surface area contributed by atoms with E-state index in [1.807, 2.05) is 30.3 Å². The molecule has 0 atom stereocenters. The zero-order chi connectivity index (χ0) is 15.2. The van der Waals surface area contributed by atoms with Crippen LogP contribution in [0.15, 0.2) is 53.6 Å². The van der Waals surface area contributed by atoms with Gasteiger partial charge in [-0.25, -0.2) is 0 Å². The Morgan fingerprint density at radius 1 is 1.19 bits per heavy atom. The zero-order valence-electron chi connectivity index (χ0n) is 11.3. The number of benzene rings is 2. The molecule has 0 saturated carbocycles. The van der Waals surface area contributed by atoms with Gasteiger partial charge in [-0.3, -0.25) is 5.43 Å². The molecule has 0 fully saturated rings. The zero-order valence-corrected chi connectivity index (χ0v) is 12.9. The number of thiocarbonyl (C=S) groups is 1. The maximum Gasteiger partial charge on any atom is 0.186 e. The lowest BCUT2D eigenvalue weighted by Gasteiger charge is -2.10. The molecule has 0 heterocycles. The summed E-state index contributed by atoms with van der Waals surface area (Å²) < 4.78 is 0. The first-order valence-electron chi connectivity index (χ1n) is 6.21. The normalized spacial score (nSPS) is 11.0. The molecule has 108 valence electrons. The van der Waals surface area contributed by atoms with Crippen molar-refractivity contribution in [1.82, 2.24) is 10.7 Å². The van der Waals surface area contributed by atoms with Crippen molar-refractivity contribution in [2.75, 3.05) is 7.05 Å². The SMILES string of the molecule is CNC(=S)N/N=C(/c1ccccc1)c1cc(Cl)ccc1O. The lowest BCUT2D eigenvalue weighted by Crippen LogP contribution is -2.29. The number of nitrogens with one attached hydrogen (secondary N) is 2. The fraction of sp³-hybridized carbons (Fsp3) is 0.0667. The van der Waals surface area contributed by atoms with Gasteiger partial charge in [0.05, 0.1) is 0 Å². The summed E-state index contributed by atoms with van der Waals surface area (Å²) >= 11 is 11.0. The van der Waals surface area contributed by atoms with Gasteiger partial charge in [-0.15, -0.1) is 0 Å². The maximum absolute atomic E-state index is 10.1. The molecule has 4 nitrogen and oxygen atoms in total. The molecular weight excluding hydrogens is 306 g/mol. The van der Waals surface area contributed by atoms with Crippen molar-refractivity contribution in [3.8, 4) is 5.75 Å². The minimum atomic E-state index is 0.0965. The van der Waals surface area contributed by atoms with Crippen molar-refractivity contribution in [1.29, 1.82) is 0 Å². The van der Waals surface area contributed by atoms with Gasteiger partial charge in [-0.1, -0.05) is 41.9 Å². The number of hydrazone groups is 1. The lowest BCUT2D eigenvalue weighted by molar-refractivity contribution is 0.474. The molecule has 0 spiro atoms. The molecule has 0 bridgehead atoms. The summed E-state index contributed by atoms with van der Waals surface area (Å²) in [6.45, 7) is 0. The van der Waals surface area contributed by atoms with Gasteiger partial charge in [-0.05, 0) is 30.4 Å². The third kappa shape index (κ3) is 3.93. The Morgan fingerprint density at radius 3 is 2.57 bits per heavy atom. The Hall–Kier alpha value is -2.11. The highest BCUT2D eigenvalue weighted by atomic mass is 35.5. The van der Waals surface area contributed by atoms with E-state index >= 15 is 0 Å². The number of phenols is 1. The summed E-state index contributed by atoms with van der Waals surface area (Å²) in [5, 5.41) is 18.0. The first kappa shape index (κ1) is 15.3. The Bertz CT molecular complexity index is 674. The molecule has 0 saturated heterocycles. The summed E-state index contributed by atoms with van der Waals surface area (Å²) in [6, 6.07) is 14.3. The third-order valence-corrected chi connectivity index (χ3v) is 3.29. The van der Waals surface area contributed by atoms with Crippen molar-refractivity contribution in [3.63, 3.8) is 0 Å². The molecule has 0 aromatic heterocycles. The Balaban J connectivity index is 2.50. The number of hydrogen-bond donors (Lipinski definition) is 3. The van der Waals surface area contributed by atoms with Gasteiger partial charge in [0.1, 0.15) is 11.5 Å². The minimum absolute atomic E-state index is 0.0965. The Morgan fingerprint density at radius 2 is 1.90 bits per heavy atom. The van der Waals surface area contributed by atoms with E-state index in [-0.39, 0.29) is 5.75 Å². The van der Waals surface area contributed by atoms with Gasteiger partial charge in [0, 0.05) is 23.2 Å².